The number of likely N-dealkylation sites (N-methyl/N-ethyl adjacent to an activating group) is 1. The third-order valence-corrected chi connectivity index (χ3v) is 3.97. The van der Waals surface area contributed by atoms with E-state index in [1.807, 2.05) is 0 Å². The number of fused-ring (bicyclic) bond motifs is 2. The summed E-state index contributed by atoms with van der Waals surface area (Å²) in [7, 11) is 4.16. The molecule has 2 saturated heterocycles. The van der Waals surface area contributed by atoms with Crippen LogP contribution in [-0.4, -0.2) is 75.9 Å². The van der Waals surface area contributed by atoms with E-state index >= 15 is 0 Å². The molecule has 3 atom stereocenters. The van der Waals surface area contributed by atoms with Crippen LogP contribution >= 0.6 is 0 Å². The molecule has 2 aliphatic heterocycles. The summed E-state index contributed by atoms with van der Waals surface area (Å²) in [4.78, 5) is 4.75. The van der Waals surface area contributed by atoms with E-state index in [1.165, 1.54) is 32.5 Å². The molecular formula is C13H27N3O. The zero-order valence-electron chi connectivity index (χ0n) is 11.3. The molecule has 2 bridgehead atoms. The second-order valence-corrected chi connectivity index (χ2v) is 5.61. The van der Waals surface area contributed by atoms with E-state index in [4.69, 9.17) is 4.74 Å². The Morgan fingerprint density at radius 1 is 1.24 bits per heavy atom. The molecule has 17 heavy (non-hydrogen) atoms. The first-order chi connectivity index (χ1) is 8.25. The van der Waals surface area contributed by atoms with Gasteiger partial charge in [0.2, 0.25) is 0 Å². The van der Waals surface area contributed by atoms with E-state index in [-0.39, 0.29) is 0 Å². The summed E-state index contributed by atoms with van der Waals surface area (Å²) in [6, 6.07) is 0.742. The van der Waals surface area contributed by atoms with Crippen LogP contribution in [0.3, 0.4) is 0 Å². The lowest BCUT2D eigenvalue weighted by atomic mass is 9.94. The highest BCUT2D eigenvalue weighted by Crippen LogP contribution is 2.26. The molecule has 0 aromatic heterocycles. The van der Waals surface area contributed by atoms with Gasteiger partial charge >= 0.3 is 0 Å². The molecule has 0 saturated carbocycles. The Hall–Kier alpha value is -0.160. The summed E-state index contributed by atoms with van der Waals surface area (Å²) in [5, 5.41) is 3.67. The molecule has 2 rings (SSSR count). The van der Waals surface area contributed by atoms with Gasteiger partial charge in [-0.15, -0.1) is 0 Å². The summed E-state index contributed by atoms with van der Waals surface area (Å²) < 4.78 is 5.60. The maximum absolute atomic E-state index is 5.60. The molecule has 100 valence electrons. The number of nitrogens with one attached hydrogen (secondary N) is 1. The Morgan fingerprint density at radius 3 is 2.88 bits per heavy atom. The number of piperidine rings is 1. The maximum Gasteiger partial charge on any atom is 0.0593 e. The van der Waals surface area contributed by atoms with Crippen LogP contribution in [0.4, 0.5) is 0 Å². The molecule has 0 radical (unpaired) electrons. The molecular weight excluding hydrogens is 214 g/mol. The van der Waals surface area contributed by atoms with Crippen molar-refractivity contribution in [2.45, 2.75) is 18.9 Å². The summed E-state index contributed by atoms with van der Waals surface area (Å²) >= 11 is 0. The van der Waals surface area contributed by atoms with Crippen molar-refractivity contribution in [3.05, 3.63) is 0 Å². The lowest BCUT2D eigenvalue weighted by Crippen LogP contribution is -2.44. The molecule has 0 spiro atoms. The Kier molecular flexibility index (Phi) is 5.22. The van der Waals surface area contributed by atoms with Gasteiger partial charge < -0.3 is 19.9 Å². The lowest BCUT2D eigenvalue weighted by molar-refractivity contribution is 0.113. The highest BCUT2D eigenvalue weighted by molar-refractivity contribution is 4.90. The molecule has 0 aliphatic carbocycles. The molecule has 0 amide bonds. The van der Waals surface area contributed by atoms with Gasteiger partial charge in [-0.2, -0.15) is 0 Å². The van der Waals surface area contributed by atoms with Crippen LogP contribution in [-0.2, 0) is 4.74 Å². The number of hydrogen-bond donors (Lipinski definition) is 1. The third kappa shape index (κ3) is 4.21. The zero-order chi connectivity index (χ0) is 12.1. The number of rotatable bonds is 7. The van der Waals surface area contributed by atoms with E-state index < -0.39 is 0 Å². The summed E-state index contributed by atoms with van der Waals surface area (Å²) in [6.07, 6.45) is 2.71. The number of nitrogens with zero attached hydrogens (tertiary/aromatic N) is 2. The number of ether oxygens (including phenoxy) is 1. The first-order valence-corrected chi connectivity index (χ1v) is 6.94. The topological polar surface area (TPSA) is 27.7 Å². The van der Waals surface area contributed by atoms with Crippen molar-refractivity contribution in [3.63, 3.8) is 0 Å². The lowest BCUT2D eigenvalue weighted by Gasteiger charge is -2.31. The normalized spacial score (nSPS) is 32.3. The minimum absolute atomic E-state index is 0.742. The molecule has 1 N–H and O–H groups in total. The molecule has 0 aromatic rings. The highest BCUT2D eigenvalue weighted by atomic mass is 16.5. The van der Waals surface area contributed by atoms with E-state index in [2.05, 4.69) is 29.2 Å². The largest absolute Gasteiger partial charge is 0.379 e. The first-order valence-electron chi connectivity index (χ1n) is 6.94. The van der Waals surface area contributed by atoms with E-state index in [0.717, 1.165) is 38.3 Å². The van der Waals surface area contributed by atoms with Crippen molar-refractivity contribution in [2.75, 3.05) is 60.0 Å². The van der Waals surface area contributed by atoms with Crippen LogP contribution in [0, 0.1) is 5.92 Å². The minimum atomic E-state index is 0.742. The molecule has 3 unspecified atom stereocenters. The standard InChI is InChI=1S/C13H27N3O/c1-15(2)8-10-17-9-5-14-13-4-7-16-6-3-12(13)11-16/h12-14H,3-11H2,1-2H3. The molecule has 4 heteroatoms. The van der Waals surface area contributed by atoms with Crippen molar-refractivity contribution in [1.82, 2.24) is 15.1 Å². The third-order valence-electron chi connectivity index (χ3n) is 3.97. The van der Waals surface area contributed by atoms with Gasteiger partial charge in [-0.1, -0.05) is 0 Å². The Balaban J connectivity index is 1.50. The summed E-state index contributed by atoms with van der Waals surface area (Å²) in [5.41, 5.74) is 0. The Bertz CT molecular complexity index is 223. The zero-order valence-corrected chi connectivity index (χ0v) is 11.3. The first kappa shape index (κ1) is 13.3. The second kappa shape index (κ2) is 6.69. The van der Waals surface area contributed by atoms with Gasteiger partial charge in [0.25, 0.3) is 0 Å². The van der Waals surface area contributed by atoms with Crippen molar-refractivity contribution in [1.29, 1.82) is 0 Å². The van der Waals surface area contributed by atoms with E-state index in [0.29, 0.717) is 0 Å². The molecule has 2 fully saturated rings. The summed E-state index contributed by atoms with van der Waals surface area (Å²) in [5.74, 6) is 0.894. The van der Waals surface area contributed by atoms with Crippen LogP contribution in [0.1, 0.15) is 12.8 Å². The van der Waals surface area contributed by atoms with Crippen LogP contribution in [0.2, 0.25) is 0 Å². The van der Waals surface area contributed by atoms with Crippen molar-refractivity contribution < 1.29 is 4.74 Å². The monoisotopic (exact) mass is 241 g/mol. The predicted octanol–water partition coefficient (Wildman–Crippen LogP) is 0.248. The Morgan fingerprint density at radius 2 is 2.06 bits per heavy atom. The highest BCUT2D eigenvalue weighted by Gasteiger charge is 2.33. The van der Waals surface area contributed by atoms with Crippen molar-refractivity contribution in [3.8, 4) is 0 Å². The smallest absolute Gasteiger partial charge is 0.0593 e. The SMILES string of the molecule is CN(C)CCOCCNC1CCN2CCC1C2. The average Bonchev–Trinajstić information content (AvgIpc) is 2.68. The average molecular weight is 241 g/mol. The van der Waals surface area contributed by atoms with Gasteiger partial charge in [-0.25, -0.2) is 0 Å². The summed E-state index contributed by atoms with van der Waals surface area (Å²) in [6.45, 7) is 7.64. The maximum atomic E-state index is 5.60. The van der Waals surface area contributed by atoms with Crippen LogP contribution in [0.5, 0.6) is 0 Å². The van der Waals surface area contributed by atoms with Gasteiger partial charge in [0.05, 0.1) is 13.2 Å². The van der Waals surface area contributed by atoms with E-state index in [1.54, 1.807) is 0 Å². The van der Waals surface area contributed by atoms with Gasteiger partial charge in [0, 0.05) is 25.7 Å². The van der Waals surface area contributed by atoms with Crippen LogP contribution < -0.4 is 5.32 Å². The number of hydrogen-bond acceptors (Lipinski definition) is 4. The van der Waals surface area contributed by atoms with Gasteiger partial charge in [-0.05, 0) is 45.9 Å². The molecule has 0 aromatic carbocycles. The molecule has 4 nitrogen and oxygen atoms in total. The fraction of sp³-hybridized carbons (Fsp3) is 1.00. The van der Waals surface area contributed by atoms with Gasteiger partial charge in [0.15, 0.2) is 0 Å². The van der Waals surface area contributed by atoms with Crippen LogP contribution in [0.15, 0.2) is 0 Å². The minimum Gasteiger partial charge on any atom is -0.379 e. The predicted molar refractivity (Wildman–Crippen MR) is 70.3 cm³/mol. The van der Waals surface area contributed by atoms with E-state index in [9.17, 15) is 0 Å². The Labute approximate surface area is 105 Å². The quantitative estimate of drug-likeness (QED) is 0.647. The second-order valence-electron chi connectivity index (χ2n) is 5.61. The fourth-order valence-electron chi connectivity index (χ4n) is 2.89. The molecule has 2 aliphatic rings. The van der Waals surface area contributed by atoms with Crippen LogP contribution in [0.25, 0.3) is 0 Å². The van der Waals surface area contributed by atoms with Gasteiger partial charge in [-0.3, -0.25) is 0 Å². The fourth-order valence-corrected chi connectivity index (χ4v) is 2.89. The van der Waals surface area contributed by atoms with Crippen molar-refractivity contribution >= 4 is 0 Å². The van der Waals surface area contributed by atoms with Crippen molar-refractivity contribution in [2.24, 2.45) is 5.92 Å². The van der Waals surface area contributed by atoms with Gasteiger partial charge in [0.1, 0.15) is 0 Å². The molecule has 2 heterocycles.